The van der Waals surface area contributed by atoms with E-state index in [0.29, 0.717) is 22.0 Å². The normalized spacial score (nSPS) is 18.8. The Hall–Kier alpha value is -2.91. The van der Waals surface area contributed by atoms with Crippen molar-refractivity contribution in [3.05, 3.63) is 40.8 Å². The van der Waals surface area contributed by atoms with Crippen LogP contribution in [-0.4, -0.2) is 55.8 Å². The van der Waals surface area contributed by atoms with Crippen molar-refractivity contribution >= 4 is 40.8 Å². The molecule has 2 aliphatic rings. The van der Waals surface area contributed by atoms with Crippen molar-refractivity contribution in [2.75, 3.05) is 23.3 Å². The number of carboxylic acid groups (broad SMARTS) is 1. The van der Waals surface area contributed by atoms with E-state index in [2.05, 4.69) is 20.2 Å². The van der Waals surface area contributed by atoms with Gasteiger partial charge in [-0.05, 0) is 38.8 Å². The number of hydrogen-bond acceptors (Lipinski definition) is 7. The van der Waals surface area contributed by atoms with Gasteiger partial charge in [-0.15, -0.1) is 0 Å². The molecule has 31 heavy (non-hydrogen) atoms. The van der Waals surface area contributed by atoms with Crippen LogP contribution >= 0.6 is 11.6 Å². The molecule has 0 aliphatic carbocycles. The highest BCUT2D eigenvalue weighted by molar-refractivity contribution is 6.31. The Morgan fingerprint density at radius 2 is 2.06 bits per heavy atom. The largest absolute Gasteiger partial charge is 0.465 e. The van der Waals surface area contributed by atoms with Crippen LogP contribution in [-0.2, 0) is 6.54 Å². The van der Waals surface area contributed by atoms with E-state index >= 15 is 0 Å². The highest BCUT2D eigenvalue weighted by atomic mass is 35.5. The van der Waals surface area contributed by atoms with Gasteiger partial charge in [0.05, 0.1) is 41.5 Å². The second-order valence-corrected chi connectivity index (χ2v) is 8.81. The number of aliphatic hydroxyl groups is 1. The maximum Gasteiger partial charge on any atom is 0.414 e. The van der Waals surface area contributed by atoms with Crippen LogP contribution in [0.2, 0.25) is 5.15 Å². The highest BCUT2D eigenvalue weighted by Crippen LogP contribution is 2.35. The van der Waals surface area contributed by atoms with Gasteiger partial charge in [0.25, 0.3) is 5.91 Å². The van der Waals surface area contributed by atoms with Gasteiger partial charge in [0.15, 0.2) is 0 Å². The lowest BCUT2D eigenvalue weighted by molar-refractivity contribution is 0.0110. The molecular weight excluding hydrogens is 422 g/mol. The molecule has 2 amide bonds. The molecule has 2 aromatic rings. The number of carbonyl (C=O) groups is 2. The van der Waals surface area contributed by atoms with Gasteiger partial charge < -0.3 is 20.4 Å². The number of piperidine rings is 1. The Labute approximate surface area is 184 Å². The van der Waals surface area contributed by atoms with Crippen LogP contribution in [0.5, 0.6) is 0 Å². The lowest BCUT2D eigenvalue weighted by atomic mass is 9.84. The van der Waals surface area contributed by atoms with E-state index in [1.807, 2.05) is 19.9 Å². The van der Waals surface area contributed by atoms with Crippen LogP contribution in [0, 0.1) is 5.92 Å². The predicted octanol–water partition coefficient (Wildman–Crippen LogP) is 3.49. The minimum absolute atomic E-state index is 0.104. The number of halogens is 1. The van der Waals surface area contributed by atoms with Crippen LogP contribution in [0.1, 0.15) is 42.6 Å². The van der Waals surface area contributed by atoms with Crippen molar-refractivity contribution in [1.29, 1.82) is 0 Å². The number of carbonyl (C=O) groups excluding carboxylic acids is 1. The Morgan fingerprint density at radius 3 is 2.71 bits per heavy atom. The molecule has 0 unspecified atom stereocenters. The Morgan fingerprint density at radius 1 is 1.29 bits per heavy atom. The summed E-state index contributed by atoms with van der Waals surface area (Å²) in [5.41, 5.74) is 1.14. The number of pyridine rings is 2. The minimum atomic E-state index is -1.34. The Kier molecular flexibility index (Phi) is 5.49. The minimum Gasteiger partial charge on any atom is -0.465 e. The van der Waals surface area contributed by atoms with Crippen molar-refractivity contribution in [3.8, 4) is 0 Å². The number of rotatable bonds is 4. The maximum atomic E-state index is 12.5. The van der Waals surface area contributed by atoms with E-state index in [0.717, 1.165) is 31.6 Å². The zero-order valence-electron chi connectivity index (χ0n) is 17.3. The quantitative estimate of drug-likeness (QED) is 0.612. The standard InChI is InChI=1S/C21H24ClN5O4/c1-21(2,31)12-4-3-7-26(10-12)13-5-6-16(23-8-13)25-15-9-24-18(22)14-11-27(20(29)30)19(28)17(14)15/h5-6,8-9,12,31H,3-4,7,10-11H2,1-2H3,(H,23,25)(H,29,30)/t12-/m1/s1. The van der Waals surface area contributed by atoms with E-state index in [1.54, 1.807) is 12.3 Å². The smallest absolute Gasteiger partial charge is 0.414 e. The molecule has 3 N–H and O–H groups in total. The zero-order chi connectivity index (χ0) is 22.3. The first-order valence-electron chi connectivity index (χ1n) is 10.1. The van der Waals surface area contributed by atoms with Gasteiger partial charge in [0.2, 0.25) is 0 Å². The van der Waals surface area contributed by atoms with Crippen molar-refractivity contribution in [3.63, 3.8) is 0 Å². The van der Waals surface area contributed by atoms with Crippen LogP contribution in [0.15, 0.2) is 24.5 Å². The maximum absolute atomic E-state index is 12.5. The molecule has 9 nitrogen and oxygen atoms in total. The van der Waals surface area contributed by atoms with E-state index in [-0.39, 0.29) is 23.2 Å². The number of aromatic nitrogens is 2. The molecule has 0 spiro atoms. The Balaban J connectivity index is 1.53. The van der Waals surface area contributed by atoms with Crippen molar-refractivity contribution in [2.24, 2.45) is 5.92 Å². The number of nitrogens with one attached hydrogen (secondary N) is 1. The predicted molar refractivity (Wildman–Crippen MR) is 116 cm³/mol. The third-order valence-corrected chi connectivity index (χ3v) is 6.26. The molecule has 2 aliphatic heterocycles. The van der Waals surface area contributed by atoms with E-state index in [1.165, 1.54) is 6.20 Å². The molecule has 2 aromatic heterocycles. The summed E-state index contributed by atoms with van der Waals surface area (Å²) >= 11 is 6.08. The molecular formula is C21H24ClN5O4. The molecule has 0 aromatic carbocycles. The fraction of sp³-hybridized carbons (Fsp3) is 0.429. The second kappa shape index (κ2) is 7.97. The summed E-state index contributed by atoms with van der Waals surface area (Å²) in [6.45, 7) is 5.21. The first kappa shape index (κ1) is 21.3. The fourth-order valence-corrected chi connectivity index (χ4v) is 4.31. The molecule has 4 rings (SSSR count). The van der Waals surface area contributed by atoms with Gasteiger partial charge >= 0.3 is 6.09 Å². The lowest BCUT2D eigenvalue weighted by Crippen LogP contribution is -2.44. The summed E-state index contributed by atoms with van der Waals surface area (Å²) in [7, 11) is 0. The number of amides is 2. The first-order valence-corrected chi connectivity index (χ1v) is 10.5. The van der Waals surface area contributed by atoms with Gasteiger partial charge in [-0.3, -0.25) is 4.79 Å². The SMILES string of the molecule is CC(C)(O)[C@@H]1CCCN(c2ccc(Nc3cnc(Cl)c4c3C(=O)N(C(=O)O)C4)nc2)C1. The number of fused-ring (bicyclic) bond motifs is 1. The van der Waals surface area contributed by atoms with Crippen LogP contribution < -0.4 is 10.2 Å². The summed E-state index contributed by atoms with van der Waals surface area (Å²) in [4.78, 5) is 35.3. The summed E-state index contributed by atoms with van der Waals surface area (Å²) < 4.78 is 0. The molecule has 1 saturated heterocycles. The molecule has 1 atom stereocenters. The molecule has 0 saturated carbocycles. The summed E-state index contributed by atoms with van der Waals surface area (Å²) in [5, 5.41) is 22.7. The van der Waals surface area contributed by atoms with Gasteiger partial charge in [0, 0.05) is 24.6 Å². The summed E-state index contributed by atoms with van der Waals surface area (Å²) in [6, 6.07) is 3.72. The fourth-order valence-electron chi connectivity index (χ4n) is 4.11. The summed E-state index contributed by atoms with van der Waals surface area (Å²) in [5.74, 6) is 0.0366. The average molecular weight is 446 g/mol. The number of hydrogen-bond donors (Lipinski definition) is 3. The van der Waals surface area contributed by atoms with Gasteiger partial charge in [-0.2, -0.15) is 0 Å². The van der Waals surface area contributed by atoms with Crippen molar-refractivity contribution in [1.82, 2.24) is 14.9 Å². The molecule has 1 fully saturated rings. The van der Waals surface area contributed by atoms with E-state index < -0.39 is 17.6 Å². The molecule has 10 heteroatoms. The third-order valence-electron chi connectivity index (χ3n) is 5.93. The number of nitrogens with zero attached hydrogens (tertiary/aromatic N) is 4. The van der Waals surface area contributed by atoms with Crippen molar-refractivity contribution in [2.45, 2.75) is 38.8 Å². The van der Waals surface area contributed by atoms with E-state index in [4.69, 9.17) is 11.6 Å². The van der Waals surface area contributed by atoms with Gasteiger partial charge in [0.1, 0.15) is 11.0 Å². The molecule has 164 valence electrons. The lowest BCUT2D eigenvalue weighted by Gasteiger charge is -2.39. The van der Waals surface area contributed by atoms with Crippen LogP contribution in [0.25, 0.3) is 0 Å². The second-order valence-electron chi connectivity index (χ2n) is 8.46. The average Bonchev–Trinajstić information content (AvgIpc) is 3.09. The monoisotopic (exact) mass is 445 g/mol. The van der Waals surface area contributed by atoms with Gasteiger partial charge in [-0.25, -0.2) is 19.7 Å². The summed E-state index contributed by atoms with van der Waals surface area (Å²) in [6.07, 6.45) is 3.79. The van der Waals surface area contributed by atoms with Gasteiger partial charge in [-0.1, -0.05) is 11.6 Å². The van der Waals surface area contributed by atoms with Crippen molar-refractivity contribution < 1.29 is 19.8 Å². The number of anilines is 3. The topological polar surface area (TPSA) is 119 Å². The van der Waals surface area contributed by atoms with Crippen LogP contribution in [0.4, 0.5) is 22.0 Å². The zero-order valence-corrected chi connectivity index (χ0v) is 18.1. The Bertz CT molecular complexity index is 1020. The molecule has 4 heterocycles. The van der Waals surface area contributed by atoms with E-state index in [9.17, 15) is 19.8 Å². The molecule has 0 bridgehead atoms. The first-order chi connectivity index (χ1) is 14.6. The van der Waals surface area contributed by atoms with Crippen LogP contribution in [0.3, 0.4) is 0 Å². The number of imide groups is 1. The highest BCUT2D eigenvalue weighted by Gasteiger charge is 2.36. The third kappa shape index (κ3) is 4.15. The molecule has 0 radical (unpaired) electrons.